The van der Waals surface area contributed by atoms with Crippen LogP contribution in [0.4, 0.5) is 8.78 Å². The molecule has 0 aromatic carbocycles. The van der Waals surface area contributed by atoms with Crippen molar-refractivity contribution in [2.24, 2.45) is 5.11 Å². The molecule has 7 heteroatoms. The molecule has 0 fully saturated rings. The van der Waals surface area contributed by atoms with Gasteiger partial charge in [0.25, 0.3) is 6.43 Å². The number of aliphatic hydroxyl groups is 1. The Labute approximate surface area is 80.9 Å². The molecule has 0 bridgehead atoms. The summed E-state index contributed by atoms with van der Waals surface area (Å²) in [5.74, 6) is 0. The maximum atomic E-state index is 12.0. The van der Waals surface area contributed by atoms with Crippen molar-refractivity contribution < 1.29 is 13.9 Å². The van der Waals surface area contributed by atoms with Gasteiger partial charge in [-0.15, -0.1) is 0 Å². The van der Waals surface area contributed by atoms with Gasteiger partial charge in [0.05, 0.1) is 13.2 Å². The Kier molecular flexibility index (Phi) is 8.11. The standard InChI is InChI=1S/C7H14F2N4O/c8-7(9)6-13(4-5-14)3-1-2-11-12-10/h7,14H,1-6H2. The lowest BCUT2D eigenvalue weighted by atomic mass is 10.3. The van der Waals surface area contributed by atoms with Crippen molar-refractivity contribution in [3.8, 4) is 0 Å². The van der Waals surface area contributed by atoms with E-state index in [1.54, 1.807) is 0 Å². The lowest BCUT2D eigenvalue weighted by Crippen LogP contribution is -2.32. The Morgan fingerprint density at radius 1 is 1.43 bits per heavy atom. The summed E-state index contributed by atoms with van der Waals surface area (Å²) in [4.78, 5) is 3.99. The zero-order chi connectivity index (χ0) is 10.8. The second kappa shape index (κ2) is 8.68. The van der Waals surface area contributed by atoms with Gasteiger partial charge < -0.3 is 5.11 Å². The number of aliphatic hydroxyl groups excluding tert-OH is 1. The molecule has 0 rings (SSSR count). The average Bonchev–Trinajstić information content (AvgIpc) is 2.12. The van der Waals surface area contributed by atoms with Crippen molar-refractivity contribution in [3.63, 3.8) is 0 Å². The minimum absolute atomic E-state index is 0.145. The number of rotatable bonds is 8. The third kappa shape index (κ3) is 7.72. The average molecular weight is 208 g/mol. The van der Waals surface area contributed by atoms with Gasteiger partial charge in [-0.1, -0.05) is 5.11 Å². The monoisotopic (exact) mass is 208 g/mol. The van der Waals surface area contributed by atoms with Crippen molar-refractivity contribution >= 4 is 0 Å². The smallest absolute Gasteiger partial charge is 0.251 e. The van der Waals surface area contributed by atoms with Crippen molar-refractivity contribution in [2.45, 2.75) is 12.8 Å². The topological polar surface area (TPSA) is 72.2 Å². The van der Waals surface area contributed by atoms with E-state index in [1.807, 2.05) is 0 Å². The maximum absolute atomic E-state index is 12.0. The van der Waals surface area contributed by atoms with Gasteiger partial charge in [0.2, 0.25) is 0 Å². The SMILES string of the molecule is [N-]=[N+]=NCCCN(CCO)CC(F)F. The van der Waals surface area contributed by atoms with Gasteiger partial charge in [-0.2, -0.15) is 0 Å². The van der Waals surface area contributed by atoms with Crippen LogP contribution >= 0.6 is 0 Å². The number of nitrogens with zero attached hydrogens (tertiary/aromatic N) is 4. The predicted molar refractivity (Wildman–Crippen MR) is 48.2 cm³/mol. The van der Waals surface area contributed by atoms with Crippen LogP contribution in [-0.2, 0) is 0 Å². The molecule has 0 aromatic rings. The van der Waals surface area contributed by atoms with Crippen molar-refractivity contribution in [3.05, 3.63) is 10.4 Å². The summed E-state index contributed by atoms with van der Waals surface area (Å²) in [6.45, 7) is 0.428. The lowest BCUT2D eigenvalue weighted by Gasteiger charge is -2.19. The van der Waals surface area contributed by atoms with E-state index < -0.39 is 6.43 Å². The Morgan fingerprint density at radius 3 is 2.64 bits per heavy atom. The third-order valence-corrected chi connectivity index (χ3v) is 1.61. The fourth-order valence-electron chi connectivity index (χ4n) is 1.04. The quantitative estimate of drug-likeness (QED) is 0.282. The highest BCUT2D eigenvalue weighted by Crippen LogP contribution is 1.99. The molecule has 0 radical (unpaired) electrons. The number of alkyl halides is 2. The predicted octanol–water partition coefficient (Wildman–Crippen LogP) is 1.25. The second-order valence-corrected chi connectivity index (χ2v) is 2.72. The Balaban J connectivity index is 3.66. The summed E-state index contributed by atoms with van der Waals surface area (Å²) in [6, 6.07) is 0. The van der Waals surface area contributed by atoms with Gasteiger partial charge in [-0.3, -0.25) is 4.90 Å². The molecule has 5 nitrogen and oxygen atoms in total. The van der Waals surface area contributed by atoms with E-state index >= 15 is 0 Å². The summed E-state index contributed by atoms with van der Waals surface area (Å²) in [5.41, 5.74) is 7.97. The fraction of sp³-hybridized carbons (Fsp3) is 1.00. The van der Waals surface area contributed by atoms with Crippen LogP contribution in [0.1, 0.15) is 6.42 Å². The van der Waals surface area contributed by atoms with Crippen molar-refractivity contribution in [2.75, 3.05) is 32.8 Å². The molecule has 0 aliphatic carbocycles. The van der Waals surface area contributed by atoms with Crippen LogP contribution in [-0.4, -0.2) is 49.2 Å². The van der Waals surface area contributed by atoms with Crippen LogP contribution in [0.25, 0.3) is 10.4 Å². The molecule has 0 saturated heterocycles. The van der Waals surface area contributed by atoms with Crippen LogP contribution in [0.2, 0.25) is 0 Å². The molecule has 0 spiro atoms. The molecule has 0 saturated carbocycles. The van der Waals surface area contributed by atoms with Gasteiger partial charge in [0.15, 0.2) is 0 Å². The van der Waals surface area contributed by atoms with Gasteiger partial charge in [0.1, 0.15) is 0 Å². The van der Waals surface area contributed by atoms with Crippen LogP contribution in [0, 0.1) is 0 Å². The molecule has 0 aliphatic heterocycles. The molecule has 0 amide bonds. The zero-order valence-electron chi connectivity index (χ0n) is 7.81. The van der Waals surface area contributed by atoms with Crippen LogP contribution in [0.5, 0.6) is 0 Å². The van der Waals surface area contributed by atoms with Crippen LogP contribution < -0.4 is 0 Å². The van der Waals surface area contributed by atoms with E-state index in [0.29, 0.717) is 19.5 Å². The molecule has 82 valence electrons. The third-order valence-electron chi connectivity index (χ3n) is 1.61. The molecule has 0 aromatic heterocycles. The molecule has 0 heterocycles. The highest BCUT2D eigenvalue weighted by molar-refractivity contribution is 4.60. The summed E-state index contributed by atoms with van der Waals surface area (Å²) >= 11 is 0. The first-order chi connectivity index (χ1) is 6.70. The second-order valence-electron chi connectivity index (χ2n) is 2.72. The Bertz CT molecular complexity index is 185. The van der Waals surface area contributed by atoms with Crippen molar-refractivity contribution in [1.82, 2.24) is 4.90 Å². The van der Waals surface area contributed by atoms with Gasteiger partial charge >= 0.3 is 0 Å². The Morgan fingerprint density at radius 2 is 2.14 bits per heavy atom. The van der Waals surface area contributed by atoms with Crippen molar-refractivity contribution in [1.29, 1.82) is 0 Å². The summed E-state index contributed by atoms with van der Waals surface area (Å²) in [7, 11) is 0. The molecular weight excluding hydrogens is 194 g/mol. The highest BCUT2D eigenvalue weighted by atomic mass is 19.3. The minimum Gasteiger partial charge on any atom is -0.395 e. The van der Waals surface area contributed by atoms with Crippen LogP contribution in [0.3, 0.4) is 0 Å². The first kappa shape index (κ1) is 13.1. The first-order valence-corrected chi connectivity index (χ1v) is 4.33. The molecule has 0 unspecified atom stereocenters. The van der Waals surface area contributed by atoms with E-state index in [1.165, 1.54) is 4.90 Å². The number of azide groups is 1. The van der Waals surface area contributed by atoms with E-state index in [2.05, 4.69) is 10.0 Å². The highest BCUT2D eigenvalue weighted by Gasteiger charge is 2.10. The number of hydrogen-bond acceptors (Lipinski definition) is 3. The molecule has 0 atom stereocenters. The van der Waals surface area contributed by atoms with E-state index in [-0.39, 0.29) is 19.7 Å². The van der Waals surface area contributed by atoms with E-state index in [9.17, 15) is 8.78 Å². The normalized spacial score (nSPS) is 10.6. The fourth-order valence-corrected chi connectivity index (χ4v) is 1.04. The molecule has 1 N–H and O–H groups in total. The number of halogens is 2. The Hall–Kier alpha value is -0.910. The maximum Gasteiger partial charge on any atom is 0.251 e. The van der Waals surface area contributed by atoms with Gasteiger partial charge in [-0.25, -0.2) is 8.78 Å². The molecular formula is C7H14F2N4O. The van der Waals surface area contributed by atoms with Gasteiger partial charge in [0, 0.05) is 18.0 Å². The first-order valence-electron chi connectivity index (χ1n) is 4.33. The largest absolute Gasteiger partial charge is 0.395 e. The summed E-state index contributed by atoms with van der Waals surface area (Å²) in [6.07, 6.45) is -1.88. The lowest BCUT2D eigenvalue weighted by molar-refractivity contribution is 0.0781. The summed E-state index contributed by atoms with van der Waals surface area (Å²) < 4.78 is 24.0. The van der Waals surface area contributed by atoms with E-state index in [4.69, 9.17) is 10.6 Å². The zero-order valence-corrected chi connectivity index (χ0v) is 7.81. The van der Waals surface area contributed by atoms with E-state index in [0.717, 1.165) is 0 Å². The molecule has 14 heavy (non-hydrogen) atoms. The van der Waals surface area contributed by atoms with Crippen LogP contribution in [0.15, 0.2) is 5.11 Å². The summed E-state index contributed by atoms with van der Waals surface area (Å²) in [5, 5.41) is 11.9. The minimum atomic E-state index is -2.40. The number of hydrogen-bond donors (Lipinski definition) is 1. The van der Waals surface area contributed by atoms with Gasteiger partial charge in [-0.05, 0) is 18.5 Å². The molecule has 0 aliphatic rings.